The van der Waals surface area contributed by atoms with E-state index in [1.54, 1.807) is 0 Å². The Hall–Kier alpha value is -2.56. The second-order valence-electron chi connectivity index (χ2n) is 7.24. The van der Waals surface area contributed by atoms with Crippen molar-refractivity contribution in [2.24, 2.45) is 0 Å². The summed E-state index contributed by atoms with van der Waals surface area (Å²) < 4.78 is 39.6. The number of rotatable bonds is 5. The molecule has 3 aromatic heterocycles. The quantitative estimate of drug-likeness (QED) is 0.662. The Morgan fingerprint density at radius 2 is 2.00 bits per heavy atom. The summed E-state index contributed by atoms with van der Waals surface area (Å²) >= 11 is 1.45. The summed E-state index contributed by atoms with van der Waals surface area (Å²) in [6.07, 6.45) is 1.21. The average molecular weight is 407 g/mol. The van der Waals surface area contributed by atoms with E-state index < -0.39 is 11.7 Å². The third-order valence-corrected chi connectivity index (χ3v) is 6.41. The highest BCUT2D eigenvalue weighted by Gasteiger charge is 2.51. The standard InChI is InChI=1S/C17H16F3N7S/c1-8-12(28-14(24-8)16(4-5-16)13-22-7-23-27-13)26-15-21-6-10(17(18,19)20)11(25-15)9-2-3-9/h6-7,9H,2-5H2,1H3,(H,21,25,26)(H,22,23,27). The molecule has 2 fully saturated rings. The number of nitrogens with one attached hydrogen (secondary N) is 2. The molecular formula is C17H16F3N7S. The van der Waals surface area contributed by atoms with Gasteiger partial charge in [-0.15, -0.1) is 0 Å². The van der Waals surface area contributed by atoms with E-state index in [1.165, 1.54) is 17.7 Å². The van der Waals surface area contributed by atoms with Gasteiger partial charge in [0.1, 0.15) is 22.2 Å². The summed E-state index contributed by atoms with van der Waals surface area (Å²) in [5, 5.41) is 11.5. The topological polar surface area (TPSA) is 92.3 Å². The van der Waals surface area contributed by atoms with E-state index >= 15 is 0 Å². The molecule has 0 unspecified atom stereocenters. The van der Waals surface area contributed by atoms with Crippen LogP contribution in [0.5, 0.6) is 0 Å². The molecule has 0 aromatic carbocycles. The van der Waals surface area contributed by atoms with Gasteiger partial charge in [0, 0.05) is 12.1 Å². The summed E-state index contributed by atoms with van der Waals surface area (Å²) in [7, 11) is 0. The van der Waals surface area contributed by atoms with Crippen LogP contribution in [0.1, 0.15) is 59.4 Å². The van der Waals surface area contributed by atoms with Crippen molar-refractivity contribution in [1.82, 2.24) is 30.1 Å². The van der Waals surface area contributed by atoms with Crippen LogP contribution in [-0.4, -0.2) is 30.1 Å². The summed E-state index contributed by atoms with van der Waals surface area (Å²) in [6.45, 7) is 1.85. The van der Waals surface area contributed by atoms with Crippen LogP contribution in [0.25, 0.3) is 0 Å². The minimum Gasteiger partial charge on any atom is -0.314 e. The zero-order chi connectivity index (χ0) is 19.5. The molecule has 0 spiro atoms. The maximum absolute atomic E-state index is 13.2. The molecule has 0 saturated heterocycles. The van der Waals surface area contributed by atoms with Gasteiger partial charge in [0.25, 0.3) is 0 Å². The predicted octanol–water partition coefficient (Wildman–Crippen LogP) is 4.08. The molecule has 2 aliphatic carbocycles. The lowest BCUT2D eigenvalue weighted by Gasteiger charge is -2.12. The van der Waals surface area contributed by atoms with Crippen molar-refractivity contribution in [2.45, 2.75) is 50.1 Å². The van der Waals surface area contributed by atoms with Gasteiger partial charge in [-0.3, -0.25) is 5.10 Å². The molecule has 28 heavy (non-hydrogen) atoms. The molecule has 146 valence electrons. The van der Waals surface area contributed by atoms with Gasteiger partial charge in [-0.25, -0.2) is 19.9 Å². The number of aromatic nitrogens is 6. The van der Waals surface area contributed by atoms with Gasteiger partial charge in [-0.05, 0) is 32.6 Å². The first kappa shape index (κ1) is 17.5. The van der Waals surface area contributed by atoms with E-state index in [2.05, 4.69) is 35.5 Å². The summed E-state index contributed by atoms with van der Waals surface area (Å²) in [5.74, 6) is 0.812. The third-order valence-electron chi connectivity index (χ3n) is 5.14. The minimum absolute atomic E-state index is 0.0766. The van der Waals surface area contributed by atoms with Crippen molar-refractivity contribution >= 4 is 22.3 Å². The zero-order valence-corrected chi connectivity index (χ0v) is 15.7. The number of nitrogens with zero attached hydrogens (tertiary/aromatic N) is 5. The van der Waals surface area contributed by atoms with E-state index in [0.717, 1.165) is 53.4 Å². The van der Waals surface area contributed by atoms with E-state index in [1.807, 2.05) is 6.92 Å². The minimum atomic E-state index is -4.44. The van der Waals surface area contributed by atoms with Gasteiger partial charge >= 0.3 is 6.18 Å². The first-order valence-corrected chi connectivity index (χ1v) is 9.73. The van der Waals surface area contributed by atoms with Crippen molar-refractivity contribution in [1.29, 1.82) is 0 Å². The molecule has 2 N–H and O–H groups in total. The van der Waals surface area contributed by atoms with Crippen LogP contribution in [0.4, 0.5) is 24.1 Å². The molecule has 11 heteroatoms. The first-order valence-electron chi connectivity index (χ1n) is 8.92. The van der Waals surface area contributed by atoms with E-state index in [-0.39, 0.29) is 23.0 Å². The van der Waals surface area contributed by atoms with Crippen molar-refractivity contribution in [3.05, 3.63) is 40.3 Å². The average Bonchev–Trinajstić information content (AvgIpc) is 3.56. The molecule has 2 aliphatic rings. The highest BCUT2D eigenvalue weighted by molar-refractivity contribution is 7.16. The van der Waals surface area contributed by atoms with Crippen LogP contribution < -0.4 is 5.32 Å². The Balaban J connectivity index is 1.45. The number of aryl methyl sites for hydroxylation is 1. The highest BCUT2D eigenvalue weighted by Crippen LogP contribution is 2.54. The van der Waals surface area contributed by atoms with E-state index in [9.17, 15) is 13.2 Å². The molecule has 0 radical (unpaired) electrons. The Morgan fingerprint density at radius 3 is 2.61 bits per heavy atom. The summed E-state index contributed by atoms with van der Waals surface area (Å²) in [5.41, 5.74) is -0.161. The number of hydrogen-bond acceptors (Lipinski definition) is 7. The maximum Gasteiger partial charge on any atom is 0.419 e. The molecule has 0 aliphatic heterocycles. The van der Waals surface area contributed by atoms with Gasteiger partial charge in [0.15, 0.2) is 0 Å². The lowest BCUT2D eigenvalue weighted by atomic mass is 10.1. The van der Waals surface area contributed by atoms with Gasteiger partial charge in [-0.2, -0.15) is 18.3 Å². The number of alkyl halides is 3. The van der Waals surface area contributed by atoms with Crippen molar-refractivity contribution in [3.63, 3.8) is 0 Å². The molecule has 2 saturated carbocycles. The monoisotopic (exact) mass is 407 g/mol. The van der Waals surface area contributed by atoms with Crippen LogP contribution >= 0.6 is 11.3 Å². The van der Waals surface area contributed by atoms with Crippen LogP contribution in [0.2, 0.25) is 0 Å². The third kappa shape index (κ3) is 2.93. The fourth-order valence-electron chi connectivity index (χ4n) is 3.27. The Bertz CT molecular complexity index is 1020. The smallest absolute Gasteiger partial charge is 0.314 e. The molecule has 0 amide bonds. The van der Waals surface area contributed by atoms with Gasteiger partial charge < -0.3 is 5.32 Å². The van der Waals surface area contributed by atoms with Gasteiger partial charge in [0.2, 0.25) is 5.95 Å². The lowest BCUT2D eigenvalue weighted by Crippen LogP contribution is -2.12. The Kier molecular flexibility index (Phi) is 3.74. The van der Waals surface area contributed by atoms with Crippen molar-refractivity contribution in [2.75, 3.05) is 5.32 Å². The highest BCUT2D eigenvalue weighted by atomic mass is 32.1. The fraction of sp³-hybridized carbons (Fsp3) is 0.471. The van der Waals surface area contributed by atoms with Crippen molar-refractivity contribution in [3.8, 4) is 0 Å². The van der Waals surface area contributed by atoms with Crippen molar-refractivity contribution < 1.29 is 13.2 Å². The summed E-state index contributed by atoms with van der Waals surface area (Å²) in [6, 6.07) is 0. The zero-order valence-electron chi connectivity index (χ0n) is 14.8. The fourth-order valence-corrected chi connectivity index (χ4v) is 4.48. The number of halogens is 3. The van der Waals surface area contributed by atoms with Crippen LogP contribution in [-0.2, 0) is 11.6 Å². The molecule has 5 rings (SSSR count). The maximum atomic E-state index is 13.2. The number of thiazole rings is 1. The second kappa shape index (κ2) is 5.97. The molecule has 0 atom stereocenters. The van der Waals surface area contributed by atoms with E-state index in [0.29, 0.717) is 0 Å². The number of anilines is 2. The van der Waals surface area contributed by atoms with Gasteiger partial charge in [-0.1, -0.05) is 11.3 Å². The summed E-state index contributed by atoms with van der Waals surface area (Å²) in [4.78, 5) is 17.0. The van der Waals surface area contributed by atoms with Crippen LogP contribution in [0.15, 0.2) is 12.5 Å². The number of hydrogen-bond donors (Lipinski definition) is 2. The molecule has 0 bridgehead atoms. The Labute approximate surface area is 161 Å². The van der Waals surface area contributed by atoms with Crippen LogP contribution in [0, 0.1) is 6.92 Å². The predicted molar refractivity (Wildman–Crippen MR) is 95.5 cm³/mol. The first-order chi connectivity index (χ1) is 13.4. The van der Waals surface area contributed by atoms with E-state index in [4.69, 9.17) is 0 Å². The lowest BCUT2D eigenvalue weighted by molar-refractivity contribution is -0.138. The molecule has 3 heterocycles. The Morgan fingerprint density at radius 1 is 1.21 bits per heavy atom. The SMILES string of the molecule is Cc1nc(C2(c3ncn[nH]3)CC2)sc1Nc1ncc(C(F)(F)F)c(C2CC2)n1. The number of H-pyrrole nitrogens is 1. The molecular weight excluding hydrogens is 391 g/mol. The largest absolute Gasteiger partial charge is 0.419 e. The second-order valence-corrected chi connectivity index (χ2v) is 8.24. The van der Waals surface area contributed by atoms with Crippen LogP contribution in [0.3, 0.4) is 0 Å². The molecule has 3 aromatic rings. The molecule has 7 nitrogen and oxygen atoms in total. The normalized spacial score (nSPS) is 18.3. The van der Waals surface area contributed by atoms with Gasteiger partial charge in [0.05, 0.1) is 22.4 Å². The number of aromatic amines is 1.